The van der Waals surface area contributed by atoms with Crippen molar-refractivity contribution < 1.29 is 4.39 Å². The molecule has 2 saturated carbocycles. The predicted octanol–water partition coefficient (Wildman–Crippen LogP) is 4.71. The van der Waals surface area contributed by atoms with Gasteiger partial charge in [-0.25, -0.2) is 4.39 Å². The number of aryl methyl sites for hydroxylation is 2. The fraction of sp³-hybridized carbons (Fsp3) is 0.684. The second-order valence-corrected chi connectivity index (χ2v) is 7.44. The maximum Gasteiger partial charge on any atom is 0.127 e. The minimum absolute atomic E-state index is 0.0167. The first-order valence-electron chi connectivity index (χ1n) is 8.54. The van der Waals surface area contributed by atoms with Gasteiger partial charge >= 0.3 is 0 Å². The van der Waals surface area contributed by atoms with E-state index in [0.29, 0.717) is 17.8 Å². The Morgan fingerprint density at radius 1 is 1.14 bits per heavy atom. The summed E-state index contributed by atoms with van der Waals surface area (Å²) in [4.78, 5) is 0. The standard InChI is InChI=1S/C19H28FN/c1-12-4-5-15(11-21-16-6-7-16)17(9-12)19-14(3)8-13(2)10-18(19)20/h8,10,12,15-17,21H,4-7,9,11H2,1-3H3. The zero-order valence-corrected chi connectivity index (χ0v) is 13.6. The molecule has 21 heavy (non-hydrogen) atoms. The van der Waals surface area contributed by atoms with Gasteiger partial charge in [0, 0.05) is 6.04 Å². The molecule has 3 rings (SSSR count). The van der Waals surface area contributed by atoms with E-state index in [2.05, 4.69) is 25.2 Å². The lowest BCUT2D eigenvalue weighted by Crippen LogP contribution is -2.33. The van der Waals surface area contributed by atoms with Gasteiger partial charge in [0.15, 0.2) is 0 Å². The van der Waals surface area contributed by atoms with Gasteiger partial charge in [0.05, 0.1) is 0 Å². The summed E-state index contributed by atoms with van der Waals surface area (Å²) in [7, 11) is 0. The van der Waals surface area contributed by atoms with Crippen LogP contribution in [0, 0.1) is 31.5 Å². The Kier molecular flexibility index (Phi) is 4.35. The normalized spacial score (nSPS) is 29.6. The highest BCUT2D eigenvalue weighted by atomic mass is 19.1. The Morgan fingerprint density at radius 2 is 1.90 bits per heavy atom. The van der Waals surface area contributed by atoms with Crippen LogP contribution in [-0.4, -0.2) is 12.6 Å². The van der Waals surface area contributed by atoms with E-state index in [1.165, 1.54) is 25.7 Å². The molecule has 2 fully saturated rings. The number of hydrogen-bond donors (Lipinski definition) is 1. The van der Waals surface area contributed by atoms with Gasteiger partial charge in [0.1, 0.15) is 5.82 Å². The molecule has 0 saturated heterocycles. The Bertz CT molecular complexity index is 483. The van der Waals surface area contributed by atoms with Crippen LogP contribution in [0.2, 0.25) is 0 Å². The van der Waals surface area contributed by atoms with Gasteiger partial charge in [-0.2, -0.15) is 0 Å². The van der Waals surface area contributed by atoms with Crippen LogP contribution >= 0.6 is 0 Å². The third-order valence-electron chi connectivity index (χ3n) is 5.35. The van der Waals surface area contributed by atoms with E-state index in [1.807, 2.05) is 6.92 Å². The first kappa shape index (κ1) is 15.0. The highest BCUT2D eigenvalue weighted by Crippen LogP contribution is 2.42. The Hall–Kier alpha value is -0.890. The molecule has 0 heterocycles. The molecule has 2 aliphatic rings. The van der Waals surface area contributed by atoms with Crippen LogP contribution in [0.3, 0.4) is 0 Å². The van der Waals surface area contributed by atoms with Gasteiger partial charge in [-0.1, -0.05) is 19.4 Å². The summed E-state index contributed by atoms with van der Waals surface area (Å²) in [5, 5.41) is 3.67. The molecule has 0 amide bonds. The molecule has 2 aliphatic carbocycles. The van der Waals surface area contributed by atoms with Gasteiger partial charge < -0.3 is 5.32 Å². The number of halogens is 1. The Balaban J connectivity index is 1.83. The maximum absolute atomic E-state index is 14.6. The van der Waals surface area contributed by atoms with E-state index in [4.69, 9.17) is 0 Å². The second kappa shape index (κ2) is 6.08. The quantitative estimate of drug-likeness (QED) is 0.846. The molecule has 1 aromatic rings. The second-order valence-electron chi connectivity index (χ2n) is 7.44. The minimum Gasteiger partial charge on any atom is -0.314 e. The number of hydrogen-bond acceptors (Lipinski definition) is 1. The highest BCUT2D eigenvalue weighted by molar-refractivity contribution is 5.35. The Morgan fingerprint density at radius 3 is 2.57 bits per heavy atom. The van der Waals surface area contributed by atoms with Crippen LogP contribution in [0.15, 0.2) is 12.1 Å². The summed E-state index contributed by atoms with van der Waals surface area (Å²) in [6.07, 6.45) is 6.31. The zero-order valence-electron chi connectivity index (χ0n) is 13.6. The predicted molar refractivity (Wildman–Crippen MR) is 86.1 cm³/mol. The van der Waals surface area contributed by atoms with Crippen LogP contribution in [-0.2, 0) is 0 Å². The number of nitrogens with one attached hydrogen (secondary N) is 1. The molecular weight excluding hydrogens is 261 g/mol. The van der Waals surface area contributed by atoms with Gasteiger partial charge in [-0.05, 0) is 86.6 Å². The monoisotopic (exact) mass is 289 g/mol. The first-order valence-corrected chi connectivity index (χ1v) is 8.54. The fourth-order valence-electron chi connectivity index (χ4n) is 4.04. The van der Waals surface area contributed by atoms with Crippen molar-refractivity contribution in [3.63, 3.8) is 0 Å². The van der Waals surface area contributed by atoms with Crippen molar-refractivity contribution in [1.29, 1.82) is 0 Å². The van der Waals surface area contributed by atoms with Crippen molar-refractivity contribution in [2.24, 2.45) is 11.8 Å². The van der Waals surface area contributed by atoms with E-state index in [9.17, 15) is 4.39 Å². The van der Waals surface area contributed by atoms with Gasteiger partial charge in [0.25, 0.3) is 0 Å². The summed E-state index contributed by atoms with van der Waals surface area (Å²) in [6.45, 7) is 7.44. The largest absolute Gasteiger partial charge is 0.314 e. The molecule has 0 bridgehead atoms. The van der Waals surface area contributed by atoms with E-state index in [0.717, 1.165) is 35.7 Å². The van der Waals surface area contributed by atoms with E-state index >= 15 is 0 Å². The van der Waals surface area contributed by atoms with E-state index in [-0.39, 0.29) is 5.82 Å². The van der Waals surface area contributed by atoms with Crippen molar-refractivity contribution in [1.82, 2.24) is 5.32 Å². The summed E-state index contributed by atoms with van der Waals surface area (Å²) in [5.74, 6) is 1.72. The summed E-state index contributed by atoms with van der Waals surface area (Å²) < 4.78 is 14.6. The third-order valence-corrected chi connectivity index (χ3v) is 5.35. The number of benzene rings is 1. The van der Waals surface area contributed by atoms with Gasteiger partial charge in [-0.15, -0.1) is 0 Å². The van der Waals surface area contributed by atoms with Crippen molar-refractivity contribution in [3.05, 3.63) is 34.6 Å². The van der Waals surface area contributed by atoms with Crippen LogP contribution in [0.5, 0.6) is 0 Å². The lowest BCUT2D eigenvalue weighted by atomic mass is 9.70. The van der Waals surface area contributed by atoms with Crippen LogP contribution in [0.1, 0.15) is 61.6 Å². The van der Waals surface area contributed by atoms with Crippen molar-refractivity contribution in [2.75, 3.05) is 6.54 Å². The molecule has 1 aromatic carbocycles. The molecule has 1 N–H and O–H groups in total. The average Bonchev–Trinajstić information content (AvgIpc) is 3.20. The maximum atomic E-state index is 14.6. The van der Waals surface area contributed by atoms with E-state index < -0.39 is 0 Å². The highest BCUT2D eigenvalue weighted by Gasteiger charge is 2.33. The molecule has 116 valence electrons. The van der Waals surface area contributed by atoms with Crippen molar-refractivity contribution >= 4 is 0 Å². The minimum atomic E-state index is 0.0167. The number of rotatable bonds is 4. The first-order chi connectivity index (χ1) is 10.0. The topological polar surface area (TPSA) is 12.0 Å². The van der Waals surface area contributed by atoms with Gasteiger partial charge in [0.2, 0.25) is 0 Å². The molecule has 0 spiro atoms. The molecule has 0 radical (unpaired) electrons. The molecule has 0 aromatic heterocycles. The van der Waals surface area contributed by atoms with Crippen molar-refractivity contribution in [2.45, 2.75) is 64.8 Å². The van der Waals surface area contributed by atoms with Crippen LogP contribution < -0.4 is 5.32 Å². The van der Waals surface area contributed by atoms with Gasteiger partial charge in [-0.3, -0.25) is 0 Å². The molecule has 3 atom stereocenters. The van der Waals surface area contributed by atoms with Crippen LogP contribution in [0.4, 0.5) is 4.39 Å². The molecule has 1 nitrogen and oxygen atoms in total. The molecular formula is C19H28FN. The lowest BCUT2D eigenvalue weighted by molar-refractivity contribution is 0.236. The van der Waals surface area contributed by atoms with Crippen molar-refractivity contribution in [3.8, 4) is 0 Å². The molecule has 2 heteroatoms. The summed E-state index contributed by atoms with van der Waals surface area (Å²) >= 11 is 0. The average molecular weight is 289 g/mol. The summed E-state index contributed by atoms with van der Waals surface area (Å²) in [5.41, 5.74) is 3.17. The summed E-state index contributed by atoms with van der Waals surface area (Å²) in [6, 6.07) is 4.60. The zero-order chi connectivity index (χ0) is 15.0. The Labute approximate surface area is 128 Å². The molecule has 3 unspecified atom stereocenters. The smallest absolute Gasteiger partial charge is 0.127 e. The van der Waals surface area contributed by atoms with Crippen LogP contribution in [0.25, 0.3) is 0 Å². The third kappa shape index (κ3) is 3.48. The van der Waals surface area contributed by atoms with E-state index in [1.54, 1.807) is 6.07 Å². The molecule has 0 aliphatic heterocycles. The SMILES string of the molecule is Cc1cc(C)c(C2CC(C)CCC2CNC2CC2)c(F)c1. The fourth-order valence-corrected chi connectivity index (χ4v) is 4.04. The lowest BCUT2D eigenvalue weighted by Gasteiger charge is -2.36.